The maximum absolute atomic E-state index is 12.8. The minimum Gasteiger partial charge on any atom is -0.465 e. The fourth-order valence-electron chi connectivity index (χ4n) is 3.08. The number of hydrogen-bond donors (Lipinski definition) is 1. The monoisotopic (exact) mass is 367 g/mol. The van der Waals surface area contributed by atoms with E-state index >= 15 is 0 Å². The lowest BCUT2D eigenvalue weighted by Gasteiger charge is -2.46. The summed E-state index contributed by atoms with van der Waals surface area (Å²) in [4.78, 5) is 11.7. The maximum Gasteiger partial charge on any atom is 0.337 e. The summed E-state index contributed by atoms with van der Waals surface area (Å²) in [5, 5.41) is 0. The summed E-state index contributed by atoms with van der Waals surface area (Å²) in [6.07, 6.45) is 1.04. The van der Waals surface area contributed by atoms with Crippen LogP contribution in [0, 0.1) is 5.92 Å². The Morgan fingerprint density at radius 3 is 2.36 bits per heavy atom. The number of carbonyl (C=O) groups is 1. The van der Waals surface area contributed by atoms with Crippen molar-refractivity contribution < 1.29 is 18.5 Å². The molecular weight excluding hydrogens is 338 g/mol. The van der Waals surface area contributed by atoms with Crippen molar-refractivity contribution >= 4 is 17.0 Å². The second kappa shape index (κ2) is 7.56. The van der Waals surface area contributed by atoms with Crippen molar-refractivity contribution in [2.24, 2.45) is 5.92 Å². The Balaban J connectivity index is 2.41. The molecule has 1 N–H and O–H groups in total. The summed E-state index contributed by atoms with van der Waals surface area (Å²) in [7, 11) is 0.121. The van der Waals surface area contributed by atoms with Crippen LogP contribution in [-0.4, -0.2) is 34.7 Å². The predicted octanol–water partition coefficient (Wildman–Crippen LogP) is 3.17. The van der Waals surface area contributed by atoms with Gasteiger partial charge in [-0.25, -0.2) is 13.7 Å². The van der Waals surface area contributed by atoms with Crippen LogP contribution in [0.15, 0.2) is 24.3 Å². The largest absolute Gasteiger partial charge is 0.465 e. The fourth-order valence-corrected chi connectivity index (χ4v) is 4.09. The van der Waals surface area contributed by atoms with Crippen LogP contribution in [0.3, 0.4) is 0 Å². The van der Waals surface area contributed by atoms with Gasteiger partial charge >= 0.3 is 5.97 Å². The summed E-state index contributed by atoms with van der Waals surface area (Å²) in [5.41, 5.74) is 0.910. The molecule has 0 aliphatic carbocycles. The molecule has 0 saturated carbocycles. The van der Waals surface area contributed by atoms with Crippen molar-refractivity contribution in [3.8, 4) is 0 Å². The van der Waals surface area contributed by atoms with Gasteiger partial charge in [-0.1, -0.05) is 19.1 Å². The van der Waals surface area contributed by atoms with Crippen LogP contribution in [0.5, 0.6) is 0 Å². The standard InChI is InChI=1S/C19H29NO4S/c1-13-11-14(2)24-12-19(13,20-25(22)18(3,4)5)16-9-7-15(8-10-16)17(21)23-6/h7-10,13-14,20H,11-12H2,1-6H3. The molecule has 1 aliphatic heterocycles. The summed E-state index contributed by atoms with van der Waals surface area (Å²) < 4.78 is 26.5. The third kappa shape index (κ3) is 4.30. The van der Waals surface area contributed by atoms with Crippen LogP contribution in [0.25, 0.3) is 0 Å². The highest BCUT2D eigenvalue weighted by Gasteiger charge is 2.45. The average molecular weight is 368 g/mol. The van der Waals surface area contributed by atoms with Crippen LogP contribution >= 0.6 is 0 Å². The lowest BCUT2D eigenvalue weighted by Crippen LogP contribution is -2.57. The van der Waals surface area contributed by atoms with E-state index in [1.54, 1.807) is 12.1 Å². The zero-order valence-corrected chi connectivity index (χ0v) is 16.7. The fraction of sp³-hybridized carbons (Fsp3) is 0.632. The molecule has 4 atom stereocenters. The number of nitrogens with one attached hydrogen (secondary N) is 1. The molecule has 1 saturated heterocycles. The summed E-state index contributed by atoms with van der Waals surface area (Å²) in [5.74, 6) is -0.139. The molecule has 0 amide bonds. The van der Waals surface area contributed by atoms with Crippen LogP contribution in [0.1, 0.15) is 57.0 Å². The molecule has 0 bridgehead atoms. The highest BCUT2D eigenvalue weighted by molar-refractivity contribution is 7.84. The third-order valence-corrected chi connectivity index (χ3v) is 6.44. The van der Waals surface area contributed by atoms with E-state index in [1.807, 2.05) is 32.9 Å². The van der Waals surface area contributed by atoms with Gasteiger partial charge < -0.3 is 9.47 Å². The zero-order chi connectivity index (χ0) is 18.8. The van der Waals surface area contributed by atoms with Crippen molar-refractivity contribution in [2.75, 3.05) is 13.7 Å². The molecule has 25 heavy (non-hydrogen) atoms. The van der Waals surface area contributed by atoms with Crippen molar-refractivity contribution in [3.05, 3.63) is 35.4 Å². The number of esters is 1. The SMILES string of the molecule is COC(=O)c1ccc(C2(NS(=O)C(C)(C)C)COC(C)CC2C)cc1. The zero-order valence-electron chi connectivity index (χ0n) is 15.9. The van der Waals surface area contributed by atoms with E-state index in [1.165, 1.54) is 7.11 Å². The highest BCUT2D eigenvalue weighted by Crippen LogP contribution is 2.39. The van der Waals surface area contributed by atoms with Gasteiger partial charge in [0.05, 0.1) is 46.7 Å². The van der Waals surface area contributed by atoms with Crippen molar-refractivity contribution in [3.63, 3.8) is 0 Å². The molecular formula is C19H29NO4S. The molecule has 0 aromatic heterocycles. The number of ether oxygens (including phenoxy) is 2. The van der Waals surface area contributed by atoms with Crippen LogP contribution in [-0.2, 0) is 26.0 Å². The minimum absolute atomic E-state index is 0.169. The van der Waals surface area contributed by atoms with E-state index in [0.717, 1.165) is 12.0 Å². The van der Waals surface area contributed by atoms with Crippen LogP contribution in [0.2, 0.25) is 0 Å². The molecule has 0 radical (unpaired) electrons. The first-order valence-corrected chi connectivity index (χ1v) is 9.75. The lowest BCUT2D eigenvalue weighted by atomic mass is 9.76. The molecule has 140 valence electrons. The Morgan fingerprint density at radius 2 is 1.88 bits per heavy atom. The molecule has 1 aromatic carbocycles. The van der Waals surface area contributed by atoms with E-state index in [2.05, 4.69) is 18.6 Å². The molecule has 6 heteroatoms. The first kappa shape index (κ1) is 20.1. The Kier molecular flexibility index (Phi) is 6.07. The third-order valence-electron chi connectivity index (χ3n) is 4.77. The van der Waals surface area contributed by atoms with Crippen molar-refractivity contribution in [1.29, 1.82) is 0 Å². The number of benzene rings is 1. The number of hydrogen-bond acceptors (Lipinski definition) is 4. The van der Waals surface area contributed by atoms with Gasteiger partial charge in [0.25, 0.3) is 0 Å². The molecule has 0 spiro atoms. The molecule has 5 nitrogen and oxygen atoms in total. The van der Waals surface area contributed by atoms with Gasteiger partial charge in [-0.2, -0.15) is 0 Å². The lowest BCUT2D eigenvalue weighted by molar-refractivity contribution is -0.0546. The van der Waals surface area contributed by atoms with Gasteiger partial charge in [-0.05, 0) is 57.7 Å². The Bertz CT molecular complexity index is 638. The smallest absolute Gasteiger partial charge is 0.337 e. The second-order valence-corrected chi connectivity index (χ2v) is 9.75. The Labute approximate surface area is 153 Å². The van der Waals surface area contributed by atoms with Gasteiger partial charge in [0.15, 0.2) is 0 Å². The quantitative estimate of drug-likeness (QED) is 0.830. The molecule has 1 aromatic rings. The Hall–Kier alpha value is -1.24. The topological polar surface area (TPSA) is 64.6 Å². The second-order valence-electron chi connectivity index (χ2n) is 7.78. The van der Waals surface area contributed by atoms with E-state index < -0.39 is 16.5 Å². The number of rotatable bonds is 4. The highest BCUT2D eigenvalue weighted by atomic mass is 32.2. The minimum atomic E-state index is -1.24. The molecule has 4 unspecified atom stereocenters. The normalized spacial score (nSPS) is 28.4. The summed E-state index contributed by atoms with van der Waals surface area (Å²) >= 11 is 0. The number of carbonyl (C=O) groups excluding carboxylic acids is 1. The first-order chi connectivity index (χ1) is 11.6. The van der Waals surface area contributed by atoms with Gasteiger partial charge in [0.2, 0.25) is 0 Å². The maximum atomic E-state index is 12.8. The van der Waals surface area contributed by atoms with Crippen LogP contribution in [0.4, 0.5) is 0 Å². The first-order valence-electron chi connectivity index (χ1n) is 8.60. The van der Waals surface area contributed by atoms with Crippen molar-refractivity contribution in [1.82, 2.24) is 4.72 Å². The average Bonchev–Trinajstić information content (AvgIpc) is 2.56. The van der Waals surface area contributed by atoms with E-state index in [0.29, 0.717) is 12.2 Å². The van der Waals surface area contributed by atoms with Gasteiger partial charge in [-0.15, -0.1) is 0 Å². The molecule has 1 fully saturated rings. The molecule has 1 heterocycles. The predicted molar refractivity (Wildman–Crippen MR) is 99.7 cm³/mol. The van der Waals surface area contributed by atoms with Gasteiger partial charge in [-0.3, -0.25) is 0 Å². The van der Waals surface area contributed by atoms with Crippen molar-refractivity contribution in [2.45, 2.75) is 57.4 Å². The van der Waals surface area contributed by atoms with Gasteiger partial charge in [0, 0.05) is 0 Å². The van der Waals surface area contributed by atoms with E-state index in [-0.39, 0.29) is 22.7 Å². The molecule has 2 rings (SSSR count). The van der Waals surface area contributed by atoms with Crippen LogP contribution < -0.4 is 4.72 Å². The molecule has 1 aliphatic rings. The van der Waals surface area contributed by atoms with Gasteiger partial charge in [0.1, 0.15) is 0 Å². The van der Waals surface area contributed by atoms with E-state index in [4.69, 9.17) is 9.47 Å². The summed E-state index contributed by atoms with van der Waals surface area (Å²) in [6.45, 7) is 10.5. The summed E-state index contributed by atoms with van der Waals surface area (Å²) in [6, 6.07) is 7.29. The van der Waals surface area contributed by atoms with E-state index in [9.17, 15) is 9.00 Å². The number of methoxy groups -OCH3 is 1. The Morgan fingerprint density at radius 1 is 1.28 bits per heavy atom.